The third-order valence-electron chi connectivity index (χ3n) is 14.1. The minimum absolute atomic E-state index is 0.315. The zero-order valence-corrected chi connectivity index (χ0v) is 48.9. The maximum Gasteiger partial charge on any atom is 0.346 e. The minimum Gasteiger partial charge on any atom is -0.497 e. The molecule has 0 aliphatic carbocycles. The van der Waals surface area contributed by atoms with Gasteiger partial charge in [-0.1, -0.05) is 24.3 Å². The van der Waals surface area contributed by atoms with Gasteiger partial charge in [-0.05, 0) is 206 Å². The molecule has 12 nitrogen and oxygen atoms in total. The van der Waals surface area contributed by atoms with Crippen molar-refractivity contribution in [2.45, 2.75) is 0 Å². The molecule has 12 rings (SSSR count). The van der Waals surface area contributed by atoms with Crippen LogP contribution in [0.5, 0.6) is 23.0 Å². The van der Waals surface area contributed by atoms with Crippen LogP contribution in [0.25, 0.3) is 58.2 Å². The maximum atomic E-state index is 11.5. The fraction of sp³-hybridized carbons (Fsp3) is 0.0588. The molecule has 0 saturated heterocycles. The number of nitriles is 1. The Morgan fingerprint density at radius 3 is 1.05 bits per heavy atom. The Morgan fingerprint density at radius 1 is 0.405 bits per heavy atom. The zero-order chi connectivity index (χ0) is 57.7. The standard InChI is InChI=1S/C68H50N6O6S4/c1-77-54-25-17-50(18-26-54)73(51-19-27-55(78-2)28-20-51)48-13-9-46(10-14-48)72(47-11-15-49(16-12-47)74(52-21-29-56(79-3)30-22-52)53-23-31-57(80-4)32-24-53)45-7-5-43(6-8-45)61-37-39-64(82-61)65-40-38-63(83-65)60-35-34-59(66-67(60)71-84-70-66)62-36-33-58(81-62)41-44(42-69)68(75)76/h5-41H,1-4H3,(H,75,76)/b44-41-. The van der Waals surface area contributed by atoms with Crippen LogP contribution in [0.3, 0.4) is 0 Å². The largest absolute Gasteiger partial charge is 0.497 e. The van der Waals surface area contributed by atoms with E-state index in [1.165, 1.54) is 17.4 Å². The average molecular weight is 1180 g/mol. The van der Waals surface area contributed by atoms with Crippen molar-refractivity contribution in [3.63, 3.8) is 0 Å². The number of ether oxygens (including phenoxy) is 4. The molecule has 16 heteroatoms. The van der Waals surface area contributed by atoms with Crippen molar-refractivity contribution in [3.8, 4) is 70.1 Å². The molecule has 0 radical (unpaired) electrons. The summed E-state index contributed by atoms with van der Waals surface area (Å²) in [5.74, 6) is 1.86. The Balaban J connectivity index is 0.861. The number of hydrogen-bond donors (Lipinski definition) is 1. The lowest BCUT2D eigenvalue weighted by atomic mass is 10.1. The molecular weight excluding hydrogens is 1130 g/mol. The first-order valence-corrected chi connectivity index (χ1v) is 29.5. The van der Waals surface area contributed by atoms with Crippen LogP contribution < -0.4 is 33.6 Å². The number of anilines is 9. The molecule has 0 spiro atoms. The van der Waals surface area contributed by atoms with Gasteiger partial charge in [-0.15, -0.1) is 34.0 Å². The van der Waals surface area contributed by atoms with Crippen LogP contribution in [0.2, 0.25) is 0 Å². The lowest BCUT2D eigenvalue weighted by Crippen LogP contribution is -2.13. The van der Waals surface area contributed by atoms with Gasteiger partial charge in [-0.25, -0.2) is 4.79 Å². The molecule has 12 aromatic rings. The predicted molar refractivity (Wildman–Crippen MR) is 344 cm³/mol. The van der Waals surface area contributed by atoms with E-state index in [0.717, 1.165) is 138 Å². The number of aliphatic carboxylic acids is 1. The number of methoxy groups -OCH3 is 4. The molecule has 0 aliphatic heterocycles. The number of thiophene rings is 3. The zero-order valence-electron chi connectivity index (χ0n) is 45.7. The molecule has 4 aromatic heterocycles. The summed E-state index contributed by atoms with van der Waals surface area (Å²) in [5, 5.41) is 18.7. The van der Waals surface area contributed by atoms with E-state index in [1.54, 1.807) is 57.2 Å². The minimum atomic E-state index is -1.26. The highest BCUT2D eigenvalue weighted by atomic mass is 32.1. The quantitative estimate of drug-likeness (QED) is 0.0610. The summed E-state index contributed by atoms with van der Waals surface area (Å²) < 4.78 is 31.5. The molecule has 0 fully saturated rings. The van der Waals surface area contributed by atoms with Crippen LogP contribution in [0.15, 0.2) is 224 Å². The van der Waals surface area contributed by atoms with E-state index < -0.39 is 5.97 Å². The molecule has 4 heterocycles. The lowest BCUT2D eigenvalue weighted by Gasteiger charge is -2.29. The monoisotopic (exact) mass is 1170 g/mol. The number of carboxylic acids is 1. The van der Waals surface area contributed by atoms with Gasteiger partial charge in [0.2, 0.25) is 0 Å². The Morgan fingerprint density at radius 2 is 0.702 bits per heavy atom. The Kier molecular flexibility index (Phi) is 15.7. The Hall–Kier alpha value is -10.0. The van der Waals surface area contributed by atoms with Crippen molar-refractivity contribution < 1.29 is 28.8 Å². The molecule has 0 saturated carbocycles. The molecule has 84 heavy (non-hydrogen) atoms. The maximum absolute atomic E-state index is 11.5. The molecular formula is C68H50N6O6S4. The highest BCUT2D eigenvalue weighted by Gasteiger charge is 2.21. The number of hydrogen-bond acceptors (Lipinski definition) is 15. The van der Waals surface area contributed by atoms with Gasteiger partial charge < -0.3 is 38.8 Å². The first-order valence-electron chi connectivity index (χ1n) is 26.4. The molecule has 0 unspecified atom stereocenters. The van der Waals surface area contributed by atoms with Crippen molar-refractivity contribution in [3.05, 3.63) is 229 Å². The fourth-order valence-corrected chi connectivity index (χ4v) is 13.6. The third-order valence-corrected chi connectivity index (χ3v) is 18.2. The van der Waals surface area contributed by atoms with Crippen molar-refractivity contribution in [2.75, 3.05) is 43.1 Å². The molecule has 1 N–H and O–H groups in total. The summed E-state index contributed by atoms with van der Waals surface area (Å²) in [6.07, 6.45) is 1.39. The summed E-state index contributed by atoms with van der Waals surface area (Å²) >= 11 is 6.03. The number of carboxylic acid groups (broad SMARTS) is 1. The molecule has 0 bridgehead atoms. The van der Waals surface area contributed by atoms with Gasteiger partial charge >= 0.3 is 5.97 Å². The topological polar surface area (TPSA) is 134 Å². The van der Waals surface area contributed by atoms with Gasteiger partial charge in [0, 0.05) is 91.6 Å². The number of carbonyl (C=O) groups is 1. The number of nitrogens with zero attached hydrogens (tertiary/aromatic N) is 6. The SMILES string of the molecule is COc1ccc(N(c2ccc(OC)cc2)c2ccc(N(c3ccc(-c4ccc(-c5ccc(-c6ccc(-c7ccc(/C=C(/C#N)C(=O)O)s7)c7nsnc67)s5)s4)cc3)c3ccc(N(c4ccc(OC)cc4)c4ccc(OC)cc4)cc3)cc2)cc1. The molecule has 0 amide bonds. The van der Waals surface area contributed by atoms with Crippen LogP contribution in [0.4, 0.5) is 51.2 Å². The Bertz CT molecular complexity index is 4100. The van der Waals surface area contributed by atoms with Gasteiger partial charge in [0.15, 0.2) is 0 Å². The van der Waals surface area contributed by atoms with Gasteiger partial charge in [0.25, 0.3) is 0 Å². The summed E-state index contributed by atoms with van der Waals surface area (Å²) in [4.78, 5) is 24.3. The first kappa shape index (κ1) is 54.6. The fourth-order valence-electron chi connectivity index (χ4n) is 9.91. The van der Waals surface area contributed by atoms with E-state index in [-0.39, 0.29) is 5.57 Å². The van der Waals surface area contributed by atoms with Crippen molar-refractivity contribution in [1.29, 1.82) is 5.26 Å². The van der Waals surface area contributed by atoms with E-state index in [9.17, 15) is 15.2 Å². The second kappa shape index (κ2) is 24.2. The van der Waals surface area contributed by atoms with Crippen molar-refractivity contribution in [2.24, 2.45) is 0 Å². The van der Waals surface area contributed by atoms with E-state index in [1.807, 2.05) is 66.7 Å². The van der Waals surface area contributed by atoms with Gasteiger partial charge in [-0.2, -0.15) is 14.0 Å². The van der Waals surface area contributed by atoms with Gasteiger partial charge in [0.1, 0.15) is 45.7 Å². The Labute approximate surface area is 501 Å². The van der Waals surface area contributed by atoms with E-state index in [0.29, 0.717) is 4.88 Å². The van der Waals surface area contributed by atoms with Crippen LogP contribution >= 0.6 is 45.7 Å². The number of rotatable bonds is 19. The van der Waals surface area contributed by atoms with E-state index >= 15 is 0 Å². The molecule has 412 valence electrons. The third kappa shape index (κ3) is 11.2. The average Bonchev–Trinajstić information content (AvgIpc) is 4.39. The van der Waals surface area contributed by atoms with Gasteiger partial charge in [-0.3, -0.25) is 0 Å². The highest BCUT2D eigenvalue weighted by Crippen LogP contribution is 2.46. The van der Waals surface area contributed by atoms with Crippen LogP contribution in [0, 0.1) is 11.3 Å². The summed E-state index contributed by atoms with van der Waals surface area (Å²) in [6, 6.07) is 76.6. The normalized spacial score (nSPS) is 11.2. The van der Waals surface area contributed by atoms with Crippen LogP contribution in [0.1, 0.15) is 4.88 Å². The summed E-state index contributed by atoms with van der Waals surface area (Å²) in [5.41, 5.74) is 13.1. The summed E-state index contributed by atoms with van der Waals surface area (Å²) in [7, 11) is 6.70. The van der Waals surface area contributed by atoms with Gasteiger partial charge in [0.05, 0.1) is 40.2 Å². The van der Waals surface area contributed by atoms with Crippen LogP contribution in [-0.4, -0.2) is 48.3 Å². The number of aromatic nitrogens is 2. The smallest absolute Gasteiger partial charge is 0.346 e. The molecule has 0 atom stereocenters. The van der Waals surface area contributed by atoms with Crippen molar-refractivity contribution >= 4 is 120 Å². The number of fused-ring (bicyclic) bond motifs is 1. The second-order valence-corrected chi connectivity index (χ2v) is 22.8. The van der Waals surface area contributed by atoms with E-state index in [4.69, 9.17) is 27.7 Å². The summed E-state index contributed by atoms with van der Waals surface area (Å²) in [6.45, 7) is 0. The van der Waals surface area contributed by atoms with E-state index in [2.05, 4.69) is 166 Å². The highest BCUT2D eigenvalue weighted by molar-refractivity contribution is 7.25. The first-order chi connectivity index (χ1) is 41.2. The van der Waals surface area contributed by atoms with Crippen molar-refractivity contribution in [1.82, 2.24) is 8.75 Å². The lowest BCUT2D eigenvalue weighted by molar-refractivity contribution is -0.132. The predicted octanol–water partition coefficient (Wildman–Crippen LogP) is 19.0. The second-order valence-electron chi connectivity index (χ2n) is 19.0. The molecule has 0 aliphatic rings. The molecule has 8 aromatic carbocycles. The van der Waals surface area contributed by atoms with Crippen LogP contribution in [-0.2, 0) is 4.79 Å². The number of benzene rings is 8.